The Morgan fingerprint density at radius 1 is 1.68 bits per heavy atom. The predicted octanol–water partition coefficient (Wildman–Crippen LogP) is 1.95. The molecule has 8 nitrogen and oxygen atoms in total. The highest BCUT2D eigenvalue weighted by molar-refractivity contribution is 7.11. The van der Waals surface area contributed by atoms with Crippen LogP contribution in [0.4, 0.5) is 5.69 Å². The van der Waals surface area contributed by atoms with E-state index in [2.05, 4.69) is 15.6 Å². The van der Waals surface area contributed by atoms with Crippen LogP contribution in [-0.4, -0.2) is 26.8 Å². The van der Waals surface area contributed by atoms with Crippen LogP contribution in [0.2, 0.25) is 0 Å². The Hall–Kier alpha value is -2.55. The number of amides is 1. The molecule has 2 aromatic heterocycles. The molecule has 0 bridgehead atoms. The number of carbonyl (C=O) groups is 1. The molecule has 1 amide bonds. The van der Waals surface area contributed by atoms with Crippen molar-refractivity contribution in [3.63, 3.8) is 0 Å². The van der Waals surface area contributed by atoms with Crippen LogP contribution in [0.1, 0.15) is 17.4 Å². The number of aromatic nitrogens is 2. The van der Waals surface area contributed by atoms with E-state index in [1.807, 2.05) is 18.4 Å². The zero-order valence-electron chi connectivity index (χ0n) is 12.1. The van der Waals surface area contributed by atoms with E-state index < -0.39 is 10.8 Å². The highest BCUT2D eigenvalue weighted by Crippen LogP contribution is 2.12. The average Bonchev–Trinajstić information content (AvgIpc) is 3.08. The minimum Gasteiger partial charge on any atom is -0.273 e. The van der Waals surface area contributed by atoms with E-state index in [0.29, 0.717) is 0 Å². The Labute approximate surface area is 130 Å². The van der Waals surface area contributed by atoms with E-state index >= 15 is 0 Å². The highest BCUT2D eigenvalue weighted by Gasteiger charge is 2.16. The van der Waals surface area contributed by atoms with Crippen LogP contribution in [0.25, 0.3) is 0 Å². The standard InChI is InChI=1S/C13H15N5O3S/c1-9-3-4-22-12(9)6-14-16-13(19)10(2)7-17-8-11(5-15-17)18(20)21/h3-6,8,10H,7H2,1-2H3,(H,16,19)/b14-6-/t10-/m0/s1. The molecule has 116 valence electrons. The summed E-state index contributed by atoms with van der Waals surface area (Å²) in [5.41, 5.74) is 3.46. The van der Waals surface area contributed by atoms with E-state index in [1.54, 1.807) is 13.1 Å². The number of hydrogen-bond donors (Lipinski definition) is 1. The van der Waals surface area contributed by atoms with Gasteiger partial charge in [-0.25, -0.2) is 5.43 Å². The van der Waals surface area contributed by atoms with Gasteiger partial charge >= 0.3 is 5.69 Å². The SMILES string of the molecule is Cc1ccsc1/C=N\NC(=O)[C@@H](C)Cn1cc([N+](=O)[O-])cn1. The zero-order valence-corrected chi connectivity index (χ0v) is 12.9. The lowest BCUT2D eigenvalue weighted by atomic mass is 10.2. The summed E-state index contributed by atoms with van der Waals surface area (Å²) in [5.74, 6) is -0.690. The number of nitro groups is 1. The van der Waals surface area contributed by atoms with E-state index in [-0.39, 0.29) is 18.1 Å². The minimum atomic E-state index is -0.526. The second-order valence-electron chi connectivity index (χ2n) is 4.78. The van der Waals surface area contributed by atoms with Crippen LogP contribution in [-0.2, 0) is 11.3 Å². The van der Waals surface area contributed by atoms with Gasteiger partial charge in [0.15, 0.2) is 0 Å². The summed E-state index contributed by atoms with van der Waals surface area (Å²) in [6.07, 6.45) is 4.05. The summed E-state index contributed by atoms with van der Waals surface area (Å²) in [4.78, 5) is 22.9. The lowest BCUT2D eigenvalue weighted by molar-refractivity contribution is -0.385. The first-order valence-electron chi connectivity index (χ1n) is 6.51. The van der Waals surface area contributed by atoms with Crippen molar-refractivity contribution in [1.82, 2.24) is 15.2 Å². The van der Waals surface area contributed by atoms with Gasteiger partial charge in [-0.1, -0.05) is 6.92 Å². The first kappa shape index (κ1) is 15.8. The molecule has 2 aromatic rings. The molecule has 0 aliphatic rings. The Bertz CT molecular complexity index is 706. The molecule has 1 atom stereocenters. The van der Waals surface area contributed by atoms with Gasteiger partial charge in [0.25, 0.3) is 0 Å². The van der Waals surface area contributed by atoms with Gasteiger partial charge in [-0.15, -0.1) is 11.3 Å². The third kappa shape index (κ3) is 3.98. The fourth-order valence-corrected chi connectivity index (χ4v) is 2.48. The molecule has 2 rings (SSSR count). The van der Waals surface area contributed by atoms with Gasteiger partial charge < -0.3 is 0 Å². The fraction of sp³-hybridized carbons (Fsp3) is 0.308. The monoisotopic (exact) mass is 321 g/mol. The van der Waals surface area contributed by atoms with Crippen molar-refractivity contribution in [3.05, 3.63) is 44.4 Å². The number of rotatable bonds is 6. The Kier molecular flexibility index (Phi) is 4.99. The Balaban J connectivity index is 1.87. The van der Waals surface area contributed by atoms with Gasteiger partial charge in [0.2, 0.25) is 5.91 Å². The molecule has 0 saturated heterocycles. The summed E-state index contributed by atoms with van der Waals surface area (Å²) >= 11 is 1.54. The molecule has 22 heavy (non-hydrogen) atoms. The molecule has 0 fully saturated rings. The molecule has 0 spiro atoms. The van der Waals surface area contributed by atoms with Gasteiger partial charge in [-0.05, 0) is 23.9 Å². The second-order valence-corrected chi connectivity index (χ2v) is 5.73. The molecule has 0 unspecified atom stereocenters. The van der Waals surface area contributed by atoms with Crippen molar-refractivity contribution in [2.45, 2.75) is 20.4 Å². The molecule has 0 aliphatic heterocycles. The number of hydrogen-bond acceptors (Lipinski definition) is 6. The number of thiophene rings is 1. The Morgan fingerprint density at radius 3 is 3.05 bits per heavy atom. The third-order valence-corrected chi connectivity index (χ3v) is 3.95. The Morgan fingerprint density at radius 2 is 2.45 bits per heavy atom. The number of hydrazone groups is 1. The van der Waals surface area contributed by atoms with E-state index in [9.17, 15) is 14.9 Å². The number of carbonyl (C=O) groups excluding carboxylic acids is 1. The number of nitrogens with zero attached hydrogens (tertiary/aromatic N) is 4. The average molecular weight is 321 g/mol. The first-order chi connectivity index (χ1) is 10.5. The minimum absolute atomic E-state index is 0.0983. The maximum atomic E-state index is 11.9. The second kappa shape index (κ2) is 6.94. The van der Waals surface area contributed by atoms with Gasteiger partial charge in [0, 0.05) is 4.88 Å². The topological polar surface area (TPSA) is 102 Å². The predicted molar refractivity (Wildman–Crippen MR) is 82.8 cm³/mol. The van der Waals surface area contributed by atoms with Gasteiger partial charge in [0.1, 0.15) is 12.4 Å². The molecular formula is C13H15N5O3S. The quantitative estimate of drug-likeness (QED) is 0.499. The van der Waals surface area contributed by atoms with Crippen molar-refractivity contribution in [3.8, 4) is 0 Å². The van der Waals surface area contributed by atoms with Gasteiger partial charge in [-0.2, -0.15) is 10.2 Å². The van der Waals surface area contributed by atoms with Crippen LogP contribution < -0.4 is 5.43 Å². The fourth-order valence-electron chi connectivity index (χ4n) is 1.69. The third-order valence-electron chi connectivity index (χ3n) is 3.00. The van der Waals surface area contributed by atoms with E-state index in [0.717, 1.165) is 16.6 Å². The summed E-state index contributed by atoms with van der Waals surface area (Å²) in [7, 11) is 0. The van der Waals surface area contributed by atoms with Crippen molar-refractivity contribution >= 4 is 29.1 Å². The maximum absolute atomic E-state index is 11.9. The maximum Gasteiger partial charge on any atom is 0.306 e. The van der Waals surface area contributed by atoms with Crippen LogP contribution in [0.5, 0.6) is 0 Å². The molecule has 0 aliphatic carbocycles. The van der Waals surface area contributed by atoms with Crippen molar-refractivity contribution in [2.24, 2.45) is 11.0 Å². The van der Waals surface area contributed by atoms with Gasteiger partial charge in [-0.3, -0.25) is 19.6 Å². The molecule has 0 radical (unpaired) electrons. The normalized spacial score (nSPS) is 12.5. The summed E-state index contributed by atoms with van der Waals surface area (Å²) < 4.78 is 1.37. The van der Waals surface area contributed by atoms with Crippen LogP contribution in [0.15, 0.2) is 28.9 Å². The largest absolute Gasteiger partial charge is 0.306 e. The zero-order chi connectivity index (χ0) is 16.1. The molecular weight excluding hydrogens is 306 g/mol. The van der Waals surface area contributed by atoms with Crippen LogP contribution >= 0.6 is 11.3 Å². The molecule has 9 heteroatoms. The van der Waals surface area contributed by atoms with E-state index in [4.69, 9.17) is 0 Å². The summed E-state index contributed by atoms with van der Waals surface area (Å²) in [6, 6.07) is 1.97. The van der Waals surface area contributed by atoms with Gasteiger partial charge in [0.05, 0.1) is 23.6 Å². The lowest BCUT2D eigenvalue weighted by Crippen LogP contribution is -2.28. The van der Waals surface area contributed by atoms with Crippen molar-refractivity contribution in [1.29, 1.82) is 0 Å². The number of nitrogens with one attached hydrogen (secondary N) is 1. The van der Waals surface area contributed by atoms with Crippen LogP contribution in [0.3, 0.4) is 0 Å². The summed E-state index contributed by atoms with van der Waals surface area (Å²) in [6.45, 7) is 3.91. The van der Waals surface area contributed by atoms with Crippen molar-refractivity contribution in [2.75, 3.05) is 0 Å². The lowest BCUT2D eigenvalue weighted by Gasteiger charge is -2.08. The molecule has 2 heterocycles. The smallest absolute Gasteiger partial charge is 0.273 e. The van der Waals surface area contributed by atoms with E-state index in [1.165, 1.54) is 22.2 Å². The molecule has 0 saturated carbocycles. The van der Waals surface area contributed by atoms with Crippen molar-refractivity contribution < 1.29 is 9.72 Å². The molecule has 1 N–H and O–H groups in total. The first-order valence-corrected chi connectivity index (χ1v) is 7.39. The number of aryl methyl sites for hydroxylation is 1. The molecule has 0 aromatic carbocycles. The highest BCUT2D eigenvalue weighted by atomic mass is 32.1. The van der Waals surface area contributed by atoms with Crippen LogP contribution in [0, 0.1) is 23.0 Å². The summed E-state index contributed by atoms with van der Waals surface area (Å²) in [5, 5.41) is 20.3.